The smallest absolute Gasteiger partial charge is 0.0900 e. The van der Waals surface area contributed by atoms with E-state index in [9.17, 15) is 0 Å². The third-order valence-electron chi connectivity index (χ3n) is 2.66. The molecule has 0 amide bonds. The summed E-state index contributed by atoms with van der Waals surface area (Å²) in [6.07, 6.45) is 5.54. The molecule has 1 atom stereocenters. The maximum absolute atomic E-state index is 4.43. The number of aromatic nitrogens is 1. The van der Waals surface area contributed by atoms with Gasteiger partial charge in [0.15, 0.2) is 0 Å². The maximum atomic E-state index is 4.43. The molecule has 3 heteroatoms. The van der Waals surface area contributed by atoms with E-state index in [0.717, 1.165) is 18.0 Å². The average Bonchev–Trinajstić information content (AvgIpc) is 2.55. The molecular formula is C13H22N2S. The maximum Gasteiger partial charge on any atom is 0.0900 e. The van der Waals surface area contributed by atoms with Crippen LogP contribution in [0.5, 0.6) is 0 Å². The minimum absolute atomic E-state index is 0.571. The lowest BCUT2D eigenvalue weighted by molar-refractivity contribution is 0.501. The highest BCUT2D eigenvalue weighted by atomic mass is 32.1. The molecule has 0 spiro atoms. The van der Waals surface area contributed by atoms with Crippen molar-refractivity contribution >= 4 is 11.3 Å². The zero-order valence-electron chi connectivity index (χ0n) is 10.5. The second kappa shape index (κ2) is 6.81. The summed E-state index contributed by atoms with van der Waals surface area (Å²) in [5.74, 6) is 0. The Morgan fingerprint density at radius 2 is 2.25 bits per heavy atom. The summed E-state index contributed by atoms with van der Waals surface area (Å²) in [5.41, 5.74) is 1.17. The summed E-state index contributed by atoms with van der Waals surface area (Å²) in [7, 11) is 0. The van der Waals surface area contributed by atoms with E-state index in [1.165, 1.54) is 23.4 Å². The van der Waals surface area contributed by atoms with E-state index in [1.54, 1.807) is 11.3 Å². The van der Waals surface area contributed by atoms with Crippen LogP contribution in [0.15, 0.2) is 12.7 Å². The number of aryl methyl sites for hydroxylation is 2. The zero-order valence-corrected chi connectivity index (χ0v) is 11.4. The summed E-state index contributed by atoms with van der Waals surface area (Å²) in [6, 6.07) is 0.571. The Balaban J connectivity index is 2.28. The molecule has 1 N–H and O–H groups in total. The zero-order chi connectivity index (χ0) is 12.0. The van der Waals surface area contributed by atoms with E-state index in [4.69, 9.17) is 0 Å². The van der Waals surface area contributed by atoms with Crippen molar-refractivity contribution in [2.45, 2.75) is 52.6 Å². The number of hydrogen-bond donors (Lipinski definition) is 1. The fourth-order valence-electron chi connectivity index (χ4n) is 1.67. The molecule has 0 saturated heterocycles. The standard InChI is InChI=1S/C13H22N2S/c1-5-6-7-8-10(2)14-9-13-11(3)15-12(4)16-13/h5,10,14H,1,6-9H2,2-4H3. The number of hydrogen-bond acceptors (Lipinski definition) is 3. The van der Waals surface area contributed by atoms with Gasteiger partial charge in [0, 0.05) is 17.5 Å². The molecular weight excluding hydrogens is 216 g/mol. The predicted molar refractivity (Wildman–Crippen MR) is 71.9 cm³/mol. The molecule has 1 unspecified atom stereocenters. The van der Waals surface area contributed by atoms with Crippen molar-refractivity contribution in [2.75, 3.05) is 0 Å². The van der Waals surface area contributed by atoms with Crippen molar-refractivity contribution in [1.29, 1.82) is 0 Å². The van der Waals surface area contributed by atoms with Gasteiger partial charge in [0.05, 0.1) is 10.7 Å². The van der Waals surface area contributed by atoms with Gasteiger partial charge >= 0.3 is 0 Å². The summed E-state index contributed by atoms with van der Waals surface area (Å²) in [5, 5.41) is 4.71. The van der Waals surface area contributed by atoms with Crippen molar-refractivity contribution < 1.29 is 0 Å². The first kappa shape index (κ1) is 13.4. The van der Waals surface area contributed by atoms with Gasteiger partial charge in [-0.05, 0) is 40.0 Å². The molecule has 0 aliphatic carbocycles. The van der Waals surface area contributed by atoms with Crippen LogP contribution < -0.4 is 5.32 Å². The highest BCUT2D eigenvalue weighted by Crippen LogP contribution is 2.17. The fourth-order valence-corrected chi connectivity index (χ4v) is 2.56. The Bertz CT molecular complexity index is 331. The van der Waals surface area contributed by atoms with Crippen LogP contribution in [0.1, 0.15) is 41.8 Å². The van der Waals surface area contributed by atoms with Crippen LogP contribution in [-0.4, -0.2) is 11.0 Å². The Morgan fingerprint density at radius 1 is 1.50 bits per heavy atom. The van der Waals surface area contributed by atoms with Crippen LogP contribution in [0.4, 0.5) is 0 Å². The molecule has 0 fully saturated rings. The number of thiazole rings is 1. The second-order valence-corrected chi connectivity index (χ2v) is 5.53. The van der Waals surface area contributed by atoms with E-state index in [1.807, 2.05) is 6.08 Å². The van der Waals surface area contributed by atoms with Gasteiger partial charge in [0.25, 0.3) is 0 Å². The topological polar surface area (TPSA) is 24.9 Å². The van der Waals surface area contributed by atoms with Gasteiger partial charge in [-0.25, -0.2) is 4.98 Å². The van der Waals surface area contributed by atoms with Gasteiger partial charge in [-0.1, -0.05) is 6.08 Å². The Hall–Kier alpha value is -0.670. The molecule has 1 aromatic rings. The third kappa shape index (κ3) is 4.45. The first-order chi connectivity index (χ1) is 7.63. The van der Waals surface area contributed by atoms with Gasteiger partial charge < -0.3 is 5.32 Å². The van der Waals surface area contributed by atoms with Gasteiger partial charge in [-0.2, -0.15) is 0 Å². The summed E-state index contributed by atoms with van der Waals surface area (Å²) in [4.78, 5) is 5.80. The van der Waals surface area contributed by atoms with E-state index in [2.05, 4.69) is 37.7 Å². The highest BCUT2D eigenvalue weighted by Gasteiger charge is 2.06. The summed E-state index contributed by atoms with van der Waals surface area (Å²) >= 11 is 1.79. The van der Waals surface area contributed by atoms with Crippen LogP contribution in [0, 0.1) is 13.8 Å². The van der Waals surface area contributed by atoms with E-state index in [-0.39, 0.29) is 0 Å². The normalized spacial score (nSPS) is 12.7. The number of unbranched alkanes of at least 4 members (excludes halogenated alkanes) is 1. The monoisotopic (exact) mass is 238 g/mol. The first-order valence-electron chi connectivity index (χ1n) is 5.90. The minimum Gasteiger partial charge on any atom is -0.309 e. The lowest BCUT2D eigenvalue weighted by atomic mass is 10.1. The molecule has 0 aliphatic rings. The molecule has 0 aliphatic heterocycles. The lowest BCUT2D eigenvalue weighted by Crippen LogP contribution is -2.25. The molecule has 1 heterocycles. The van der Waals surface area contributed by atoms with Crippen molar-refractivity contribution in [3.8, 4) is 0 Å². The van der Waals surface area contributed by atoms with Crippen LogP contribution in [-0.2, 0) is 6.54 Å². The SMILES string of the molecule is C=CCCCC(C)NCc1sc(C)nc1C. The van der Waals surface area contributed by atoms with Crippen LogP contribution in [0.2, 0.25) is 0 Å². The molecule has 1 aromatic heterocycles. The predicted octanol–water partition coefficient (Wildman–Crippen LogP) is 3.59. The highest BCUT2D eigenvalue weighted by molar-refractivity contribution is 7.11. The molecule has 0 radical (unpaired) electrons. The average molecular weight is 238 g/mol. The van der Waals surface area contributed by atoms with Crippen LogP contribution in [0.3, 0.4) is 0 Å². The Kier molecular flexibility index (Phi) is 5.71. The molecule has 0 aromatic carbocycles. The van der Waals surface area contributed by atoms with E-state index < -0.39 is 0 Å². The van der Waals surface area contributed by atoms with Gasteiger partial charge in [-0.3, -0.25) is 0 Å². The van der Waals surface area contributed by atoms with E-state index >= 15 is 0 Å². The second-order valence-electron chi connectivity index (χ2n) is 4.24. The fraction of sp³-hybridized carbons (Fsp3) is 0.615. The minimum atomic E-state index is 0.571. The number of nitrogens with one attached hydrogen (secondary N) is 1. The van der Waals surface area contributed by atoms with Crippen molar-refractivity contribution in [3.05, 3.63) is 28.2 Å². The van der Waals surface area contributed by atoms with Crippen LogP contribution in [0.25, 0.3) is 0 Å². The largest absolute Gasteiger partial charge is 0.309 e. The molecule has 0 saturated carbocycles. The van der Waals surface area contributed by atoms with Crippen molar-refractivity contribution in [1.82, 2.24) is 10.3 Å². The van der Waals surface area contributed by atoms with Crippen molar-refractivity contribution in [2.24, 2.45) is 0 Å². The van der Waals surface area contributed by atoms with E-state index in [0.29, 0.717) is 6.04 Å². The lowest BCUT2D eigenvalue weighted by Gasteiger charge is -2.12. The first-order valence-corrected chi connectivity index (χ1v) is 6.72. The van der Waals surface area contributed by atoms with Gasteiger partial charge in [-0.15, -0.1) is 17.9 Å². The van der Waals surface area contributed by atoms with Crippen molar-refractivity contribution in [3.63, 3.8) is 0 Å². The number of rotatable bonds is 7. The summed E-state index contributed by atoms with van der Waals surface area (Å²) < 4.78 is 0. The quantitative estimate of drug-likeness (QED) is 0.580. The Morgan fingerprint density at radius 3 is 2.81 bits per heavy atom. The van der Waals surface area contributed by atoms with Crippen LogP contribution >= 0.6 is 11.3 Å². The molecule has 2 nitrogen and oxygen atoms in total. The van der Waals surface area contributed by atoms with Gasteiger partial charge in [0.2, 0.25) is 0 Å². The Labute approximate surface area is 103 Å². The number of allylic oxidation sites excluding steroid dienone is 1. The number of nitrogens with zero attached hydrogens (tertiary/aromatic N) is 1. The molecule has 1 rings (SSSR count). The summed E-state index contributed by atoms with van der Waals surface area (Å²) in [6.45, 7) is 11.1. The van der Waals surface area contributed by atoms with Gasteiger partial charge in [0.1, 0.15) is 0 Å². The molecule has 16 heavy (non-hydrogen) atoms. The third-order valence-corrected chi connectivity index (χ3v) is 3.73. The molecule has 0 bridgehead atoms. The molecule has 90 valence electrons.